The van der Waals surface area contributed by atoms with E-state index in [1.54, 1.807) is 6.92 Å². The second-order valence-corrected chi connectivity index (χ2v) is 7.22. The van der Waals surface area contributed by atoms with Crippen molar-refractivity contribution in [3.63, 3.8) is 0 Å². The first-order valence-electron chi connectivity index (χ1n) is 4.87. The van der Waals surface area contributed by atoms with Crippen LogP contribution >= 0.6 is 27.3 Å². The van der Waals surface area contributed by atoms with Crippen molar-refractivity contribution in [1.82, 2.24) is 10.2 Å². The van der Waals surface area contributed by atoms with Gasteiger partial charge in [-0.3, -0.25) is 4.72 Å². The van der Waals surface area contributed by atoms with Crippen molar-refractivity contribution in [2.24, 2.45) is 0 Å². The average molecular weight is 367 g/mol. The molecule has 0 saturated heterocycles. The Morgan fingerprint density at radius 1 is 1.42 bits per heavy atom. The molecule has 0 spiro atoms. The largest absolute Gasteiger partial charge is 0.396 e. The molecule has 2 rings (SSSR count). The van der Waals surface area contributed by atoms with Crippen LogP contribution in [0.4, 0.5) is 15.2 Å². The maximum absolute atomic E-state index is 13.2. The van der Waals surface area contributed by atoms with Gasteiger partial charge in [-0.05, 0) is 35.0 Å². The number of nitrogens with one attached hydrogen (secondary N) is 1. The highest BCUT2D eigenvalue weighted by Gasteiger charge is 2.21. The van der Waals surface area contributed by atoms with E-state index < -0.39 is 15.8 Å². The SMILES string of the molecule is Cc1nnc(NS(=O)(=O)c2cc(N)c(F)cc2Br)s1. The molecule has 0 aliphatic carbocycles. The van der Waals surface area contributed by atoms with E-state index in [4.69, 9.17) is 5.73 Å². The van der Waals surface area contributed by atoms with E-state index in [0.717, 1.165) is 23.5 Å². The molecule has 0 unspecified atom stereocenters. The lowest BCUT2D eigenvalue weighted by Crippen LogP contribution is -2.14. The van der Waals surface area contributed by atoms with Crippen LogP contribution in [0.2, 0.25) is 0 Å². The van der Waals surface area contributed by atoms with Crippen molar-refractivity contribution in [3.05, 3.63) is 27.4 Å². The molecule has 3 N–H and O–H groups in total. The highest BCUT2D eigenvalue weighted by molar-refractivity contribution is 9.10. The minimum absolute atomic E-state index is 0.0768. The summed E-state index contributed by atoms with van der Waals surface area (Å²) in [5.41, 5.74) is 5.12. The van der Waals surface area contributed by atoms with Crippen LogP contribution in [0.15, 0.2) is 21.5 Å². The Morgan fingerprint density at radius 2 is 2.11 bits per heavy atom. The molecule has 0 aliphatic heterocycles. The number of benzene rings is 1. The van der Waals surface area contributed by atoms with Gasteiger partial charge in [-0.1, -0.05) is 11.3 Å². The first kappa shape index (κ1) is 14.2. The minimum atomic E-state index is -3.91. The first-order chi connectivity index (χ1) is 8.79. The van der Waals surface area contributed by atoms with Crippen molar-refractivity contribution in [2.75, 3.05) is 10.5 Å². The zero-order valence-corrected chi connectivity index (χ0v) is 12.7. The Hall–Kier alpha value is -1.26. The van der Waals surface area contributed by atoms with E-state index >= 15 is 0 Å². The second kappa shape index (κ2) is 5.02. The number of nitrogens with zero attached hydrogens (tertiary/aromatic N) is 2. The number of aryl methyl sites for hydroxylation is 1. The van der Waals surface area contributed by atoms with Crippen LogP contribution in [0.5, 0.6) is 0 Å². The number of anilines is 2. The third-order valence-electron chi connectivity index (χ3n) is 2.09. The van der Waals surface area contributed by atoms with Crippen molar-refractivity contribution < 1.29 is 12.8 Å². The average Bonchev–Trinajstić information content (AvgIpc) is 2.68. The molecule has 10 heteroatoms. The summed E-state index contributed by atoms with van der Waals surface area (Å²) in [4.78, 5) is -0.167. The lowest BCUT2D eigenvalue weighted by Gasteiger charge is -2.08. The van der Waals surface area contributed by atoms with Crippen LogP contribution in [-0.2, 0) is 10.0 Å². The lowest BCUT2D eigenvalue weighted by molar-refractivity contribution is 0.599. The fraction of sp³-hybridized carbons (Fsp3) is 0.111. The third-order valence-corrected chi connectivity index (χ3v) is 5.27. The third kappa shape index (κ3) is 3.01. The molecule has 0 saturated carbocycles. The quantitative estimate of drug-likeness (QED) is 0.810. The topological polar surface area (TPSA) is 98.0 Å². The van der Waals surface area contributed by atoms with Crippen molar-refractivity contribution >= 4 is 48.1 Å². The minimum Gasteiger partial charge on any atom is -0.396 e. The van der Waals surface area contributed by atoms with E-state index in [2.05, 4.69) is 30.8 Å². The molecule has 2 aromatic rings. The normalized spacial score (nSPS) is 11.5. The monoisotopic (exact) mass is 366 g/mol. The summed E-state index contributed by atoms with van der Waals surface area (Å²) in [6.45, 7) is 1.70. The second-order valence-electron chi connectivity index (χ2n) is 3.54. The summed E-state index contributed by atoms with van der Waals surface area (Å²) in [5.74, 6) is -0.697. The number of hydrogen-bond acceptors (Lipinski definition) is 6. The predicted octanol–water partition coefficient (Wildman–Crippen LogP) is 2.13. The van der Waals surface area contributed by atoms with Crippen LogP contribution in [0, 0.1) is 12.7 Å². The van der Waals surface area contributed by atoms with E-state index in [0.29, 0.717) is 5.01 Å². The zero-order valence-electron chi connectivity index (χ0n) is 9.52. The molecule has 6 nitrogen and oxygen atoms in total. The molecular weight excluding hydrogens is 359 g/mol. The van der Waals surface area contributed by atoms with Gasteiger partial charge in [0.05, 0.1) is 5.69 Å². The van der Waals surface area contributed by atoms with Crippen LogP contribution in [0.25, 0.3) is 0 Å². The molecule has 0 fully saturated rings. The van der Waals surface area contributed by atoms with Gasteiger partial charge in [-0.2, -0.15) is 0 Å². The summed E-state index contributed by atoms with van der Waals surface area (Å²) < 4.78 is 39.7. The molecule has 1 heterocycles. The van der Waals surface area contributed by atoms with Gasteiger partial charge < -0.3 is 5.73 Å². The first-order valence-corrected chi connectivity index (χ1v) is 7.96. The Labute approximate surface area is 121 Å². The zero-order chi connectivity index (χ0) is 14.2. The number of hydrogen-bond donors (Lipinski definition) is 2. The molecule has 0 bridgehead atoms. The Morgan fingerprint density at radius 3 is 2.68 bits per heavy atom. The predicted molar refractivity (Wildman–Crippen MR) is 74.0 cm³/mol. The summed E-state index contributed by atoms with van der Waals surface area (Å²) in [5, 5.41) is 8.10. The molecule has 0 radical (unpaired) electrons. The standard InChI is InChI=1S/C9H8BrFN4O2S2/c1-4-13-14-9(18-4)15-19(16,17)8-3-7(12)6(11)2-5(8)10/h2-3H,12H2,1H3,(H,14,15). The summed E-state index contributed by atoms with van der Waals surface area (Å²) >= 11 is 4.08. The van der Waals surface area contributed by atoms with Gasteiger partial charge >= 0.3 is 0 Å². The molecule has 1 aromatic heterocycles. The highest BCUT2D eigenvalue weighted by Crippen LogP contribution is 2.28. The highest BCUT2D eigenvalue weighted by atomic mass is 79.9. The van der Waals surface area contributed by atoms with Gasteiger partial charge in [0, 0.05) is 4.47 Å². The van der Waals surface area contributed by atoms with Gasteiger partial charge in [-0.25, -0.2) is 12.8 Å². The fourth-order valence-electron chi connectivity index (χ4n) is 1.26. The number of nitrogens with two attached hydrogens (primary N) is 1. The van der Waals surface area contributed by atoms with Gasteiger partial charge in [0.2, 0.25) is 5.13 Å². The summed E-state index contributed by atoms with van der Waals surface area (Å²) in [6.07, 6.45) is 0. The van der Waals surface area contributed by atoms with Crippen LogP contribution in [-0.4, -0.2) is 18.6 Å². The Kier molecular flexibility index (Phi) is 3.74. The smallest absolute Gasteiger partial charge is 0.264 e. The fourth-order valence-corrected chi connectivity index (χ4v) is 4.13. The molecule has 0 atom stereocenters. The molecule has 19 heavy (non-hydrogen) atoms. The van der Waals surface area contributed by atoms with Crippen LogP contribution in [0.3, 0.4) is 0 Å². The van der Waals surface area contributed by atoms with Gasteiger partial charge in [0.15, 0.2) is 0 Å². The molecule has 0 amide bonds. The molecule has 0 aliphatic rings. The van der Waals surface area contributed by atoms with Crippen molar-refractivity contribution in [2.45, 2.75) is 11.8 Å². The summed E-state index contributed by atoms with van der Waals surface area (Å²) in [6, 6.07) is 2.03. The van der Waals surface area contributed by atoms with Crippen LogP contribution < -0.4 is 10.5 Å². The summed E-state index contributed by atoms with van der Waals surface area (Å²) in [7, 11) is -3.91. The molecule has 1 aromatic carbocycles. The molecule has 102 valence electrons. The number of rotatable bonds is 3. The maximum Gasteiger partial charge on any atom is 0.264 e. The van der Waals surface area contributed by atoms with Gasteiger partial charge in [0.1, 0.15) is 15.7 Å². The van der Waals surface area contributed by atoms with Gasteiger partial charge in [0.25, 0.3) is 10.0 Å². The van der Waals surface area contributed by atoms with E-state index in [9.17, 15) is 12.8 Å². The van der Waals surface area contributed by atoms with E-state index in [1.807, 2.05) is 0 Å². The number of aromatic nitrogens is 2. The molecular formula is C9H8BrFN4O2S2. The van der Waals surface area contributed by atoms with E-state index in [-0.39, 0.29) is 20.2 Å². The van der Waals surface area contributed by atoms with E-state index in [1.165, 1.54) is 0 Å². The maximum atomic E-state index is 13.2. The Bertz CT molecular complexity index is 732. The number of sulfonamides is 1. The van der Waals surface area contributed by atoms with Crippen molar-refractivity contribution in [1.29, 1.82) is 0 Å². The number of nitrogen functional groups attached to an aromatic ring is 1. The van der Waals surface area contributed by atoms with Crippen LogP contribution in [0.1, 0.15) is 5.01 Å². The number of halogens is 2. The lowest BCUT2D eigenvalue weighted by atomic mass is 10.3. The Balaban J connectivity index is 2.42. The van der Waals surface area contributed by atoms with Crippen molar-refractivity contribution in [3.8, 4) is 0 Å². The van der Waals surface area contributed by atoms with Gasteiger partial charge in [-0.15, -0.1) is 10.2 Å².